The van der Waals surface area contributed by atoms with Gasteiger partial charge in [0.2, 0.25) is 11.8 Å². The molecule has 0 bridgehead atoms. The SMILES string of the molecule is Cc1cc(C)cc(NC(=O)C(C)(C)C(=O)NCC2CCCO2)c1. The average molecular weight is 318 g/mol. The normalized spacial score (nSPS) is 17.8. The topological polar surface area (TPSA) is 67.4 Å². The van der Waals surface area contributed by atoms with Crippen LogP contribution in [0.4, 0.5) is 5.69 Å². The highest BCUT2D eigenvalue weighted by Gasteiger charge is 2.36. The molecule has 1 atom stereocenters. The summed E-state index contributed by atoms with van der Waals surface area (Å²) in [5, 5.41) is 5.67. The molecule has 5 heteroatoms. The second-order valence-corrected chi connectivity index (χ2v) is 6.80. The lowest BCUT2D eigenvalue weighted by atomic mass is 9.90. The maximum Gasteiger partial charge on any atom is 0.239 e. The summed E-state index contributed by atoms with van der Waals surface area (Å²) in [4.78, 5) is 24.9. The molecule has 1 heterocycles. The van der Waals surface area contributed by atoms with Crippen molar-refractivity contribution in [2.45, 2.75) is 46.6 Å². The Labute approximate surface area is 137 Å². The van der Waals surface area contributed by atoms with Crippen LogP contribution in [0.1, 0.15) is 37.8 Å². The number of hydrogen-bond donors (Lipinski definition) is 2. The number of benzene rings is 1. The van der Waals surface area contributed by atoms with E-state index in [1.807, 2.05) is 32.0 Å². The summed E-state index contributed by atoms with van der Waals surface area (Å²) in [5.74, 6) is -0.595. The minimum atomic E-state index is -1.14. The first kappa shape index (κ1) is 17.5. The number of ether oxygens (including phenoxy) is 1. The molecule has 1 aromatic carbocycles. The van der Waals surface area contributed by atoms with E-state index in [0.717, 1.165) is 30.6 Å². The van der Waals surface area contributed by atoms with Gasteiger partial charge in [0.1, 0.15) is 5.41 Å². The van der Waals surface area contributed by atoms with Gasteiger partial charge in [-0.2, -0.15) is 0 Å². The summed E-state index contributed by atoms with van der Waals surface area (Å²) in [6, 6.07) is 5.83. The number of rotatable bonds is 5. The summed E-state index contributed by atoms with van der Waals surface area (Å²) < 4.78 is 5.48. The predicted molar refractivity (Wildman–Crippen MR) is 90.3 cm³/mol. The molecule has 1 fully saturated rings. The van der Waals surface area contributed by atoms with Gasteiger partial charge in [-0.3, -0.25) is 9.59 Å². The van der Waals surface area contributed by atoms with Crippen LogP contribution >= 0.6 is 0 Å². The van der Waals surface area contributed by atoms with Crippen molar-refractivity contribution in [3.8, 4) is 0 Å². The van der Waals surface area contributed by atoms with E-state index >= 15 is 0 Å². The van der Waals surface area contributed by atoms with Gasteiger partial charge >= 0.3 is 0 Å². The minimum absolute atomic E-state index is 0.0669. The van der Waals surface area contributed by atoms with E-state index < -0.39 is 5.41 Å². The van der Waals surface area contributed by atoms with E-state index in [4.69, 9.17) is 4.74 Å². The monoisotopic (exact) mass is 318 g/mol. The molecule has 23 heavy (non-hydrogen) atoms. The van der Waals surface area contributed by atoms with Gasteiger partial charge < -0.3 is 15.4 Å². The van der Waals surface area contributed by atoms with E-state index in [1.54, 1.807) is 13.8 Å². The summed E-state index contributed by atoms with van der Waals surface area (Å²) in [6.45, 7) is 8.42. The molecule has 126 valence electrons. The van der Waals surface area contributed by atoms with Crippen molar-refractivity contribution in [3.63, 3.8) is 0 Å². The molecule has 0 aromatic heterocycles. The number of hydrogen-bond acceptors (Lipinski definition) is 3. The van der Waals surface area contributed by atoms with Crippen LogP contribution in [0.3, 0.4) is 0 Å². The third-order valence-corrected chi connectivity index (χ3v) is 4.13. The van der Waals surface area contributed by atoms with E-state index in [-0.39, 0.29) is 17.9 Å². The molecule has 2 N–H and O–H groups in total. The zero-order valence-corrected chi connectivity index (χ0v) is 14.4. The Bertz CT molecular complexity index is 570. The highest BCUT2D eigenvalue weighted by molar-refractivity contribution is 6.09. The highest BCUT2D eigenvalue weighted by Crippen LogP contribution is 2.21. The average Bonchev–Trinajstić information content (AvgIpc) is 2.96. The zero-order chi connectivity index (χ0) is 17.0. The number of nitrogens with one attached hydrogen (secondary N) is 2. The molecule has 0 aliphatic carbocycles. The van der Waals surface area contributed by atoms with Gasteiger partial charge in [-0.1, -0.05) is 6.07 Å². The minimum Gasteiger partial charge on any atom is -0.376 e. The van der Waals surface area contributed by atoms with Gasteiger partial charge in [-0.15, -0.1) is 0 Å². The number of anilines is 1. The van der Waals surface area contributed by atoms with Crippen molar-refractivity contribution < 1.29 is 14.3 Å². The lowest BCUT2D eigenvalue weighted by molar-refractivity contribution is -0.138. The Morgan fingerprint density at radius 1 is 1.17 bits per heavy atom. The number of carbonyl (C=O) groups excluding carboxylic acids is 2. The van der Waals surface area contributed by atoms with Crippen molar-refractivity contribution >= 4 is 17.5 Å². The molecule has 2 rings (SSSR count). The molecule has 0 spiro atoms. The fourth-order valence-electron chi connectivity index (χ4n) is 2.67. The van der Waals surface area contributed by atoms with E-state index in [9.17, 15) is 9.59 Å². The molecule has 2 amide bonds. The van der Waals surface area contributed by atoms with E-state index in [0.29, 0.717) is 12.2 Å². The maximum absolute atomic E-state index is 12.5. The fourth-order valence-corrected chi connectivity index (χ4v) is 2.67. The number of carbonyl (C=O) groups is 2. The Kier molecular flexibility index (Phi) is 5.42. The van der Waals surface area contributed by atoms with Crippen LogP contribution < -0.4 is 10.6 Å². The van der Waals surface area contributed by atoms with Crippen molar-refractivity contribution in [1.29, 1.82) is 0 Å². The summed E-state index contributed by atoms with van der Waals surface area (Å²) in [6.07, 6.45) is 2.05. The molecule has 1 aliphatic rings. The summed E-state index contributed by atoms with van der Waals surface area (Å²) in [5.41, 5.74) is 1.71. The number of aryl methyl sites for hydroxylation is 2. The first-order valence-corrected chi connectivity index (χ1v) is 8.08. The summed E-state index contributed by atoms with van der Waals surface area (Å²) >= 11 is 0. The first-order chi connectivity index (χ1) is 10.8. The molecular weight excluding hydrogens is 292 g/mol. The van der Waals surface area contributed by atoms with Crippen LogP contribution in [0.2, 0.25) is 0 Å². The second-order valence-electron chi connectivity index (χ2n) is 6.80. The van der Waals surface area contributed by atoms with Crippen molar-refractivity contribution in [1.82, 2.24) is 5.32 Å². The van der Waals surface area contributed by atoms with Crippen LogP contribution in [0, 0.1) is 19.3 Å². The van der Waals surface area contributed by atoms with Gasteiger partial charge in [0, 0.05) is 18.8 Å². The first-order valence-electron chi connectivity index (χ1n) is 8.08. The maximum atomic E-state index is 12.5. The Morgan fingerprint density at radius 3 is 2.39 bits per heavy atom. The lowest BCUT2D eigenvalue weighted by Crippen LogP contribution is -2.47. The summed E-state index contributed by atoms with van der Waals surface area (Å²) in [7, 11) is 0. The van der Waals surface area contributed by atoms with Crippen LogP contribution in [0.15, 0.2) is 18.2 Å². The molecular formula is C18H26N2O3. The van der Waals surface area contributed by atoms with Crippen molar-refractivity contribution in [2.24, 2.45) is 5.41 Å². The molecule has 0 radical (unpaired) electrons. The van der Waals surface area contributed by atoms with Crippen LogP contribution in [0.5, 0.6) is 0 Å². The molecule has 1 saturated heterocycles. The Hall–Kier alpha value is -1.88. The number of amides is 2. The van der Waals surface area contributed by atoms with Crippen LogP contribution in [-0.2, 0) is 14.3 Å². The third kappa shape index (κ3) is 4.55. The molecule has 1 aliphatic heterocycles. The van der Waals surface area contributed by atoms with Gasteiger partial charge in [0.05, 0.1) is 6.10 Å². The molecule has 1 aromatic rings. The highest BCUT2D eigenvalue weighted by atomic mass is 16.5. The van der Waals surface area contributed by atoms with E-state index in [1.165, 1.54) is 0 Å². The third-order valence-electron chi connectivity index (χ3n) is 4.13. The Balaban J connectivity index is 1.96. The molecule has 0 saturated carbocycles. The quantitative estimate of drug-likeness (QED) is 0.820. The fraction of sp³-hybridized carbons (Fsp3) is 0.556. The van der Waals surface area contributed by atoms with Crippen molar-refractivity contribution in [2.75, 3.05) is 18.5 Å². The van der Waals surface area contributed by atoms with Gasteiger partial charge in [0.25, 0.3) is 0 Å². The second kappa shape index (κ2) is 7.13. The standard InChI is InChI=1S/C18H26N2O3/c1-12-8-13(2)10-14(9-12)20-17(22)18(3,4)16(21)19-11-15-6-5-7-23-15/h8-10,15H,5-7,11H2,1-4H3,(H,19,21)(H,20,22). The predicted octanol–water partition coefficient (Wildman–Crippen LogP) is 2.56. The van der Waals surface area contributed by atoms with Gasteiger partial charge in [0.15, 0.2) is 0 Å². The smallest absolute Gasteiger partial charge is 0.239 e. The zero-order valence-electron chi connectivity index (χ0n) is 14.4. The van der Waals surface area contributed by atoms with Gasteiger partial charge in [-0.25, -0.2) is 0 Å². The molecule has 5 nitrogen and oxygen atoms in total. The van der Waals surface area contributed by atoms with Crippen molar-refractivity contribution in [3.05, 3.63) is 29.3 Å². The Morgan fingerprint density at radius 2 is 1.83 bits per heavy atom. The van der Waals surface area contributed by atoms with Crippen LogP contribution in [0.25, 0.3) is 0 Å². The lowest BCUT2D eigenvalue weighted by Gasteiger charge is -2.24. The van der Waals surface area contributed by atoms with Gasteiger partial charge in [-0.05, 0) is 63.8 Å². The van der Waals surface area contributed by atoms with E-state index in [2.05, 4.69) is 10.6 Å². The van der Waals surface area contributed by atoms with Crippen LogP contribution in [-0.4, -0.2) is 31.1 Å². The molecule has 1 unspecified atom stereocenters. The largest absolute Gasteiger partial charge is 0.376 e.